The van der Waals surface area contributed by atoms with Gasteiger partial charge in [-0.05, 0) is 55.6 Å². The summed E-state index contributed by atoms with van der Waals surface area (Å²) < 4.78 is 0. The fourth-order valence-electron chi connectivity index (χ4n) is 4.80. The van der Waals surface area contributed by atoms with E-state index in [1.165, 1.54) is 0 Å². The highest BCUT2D eigenvalue weighted by molar-refractivity contribution is 5.91. The highest BCUT2D eigenvalue weighted by atomic mass is 16.2. The second kappa shape index (κ2) is 10.1. The molecular formula is C26H32N4O2. The van der Waals surface area contributed by atoms with Gasteiger partial charge in [0, 0.05) is 38.4 Å². The third-order valence-electron chi connectivity index (χ3n) is 6.61. The Balaban J connectivity index is 1.58. The van der Waals surface area contributed by atoms with E-state index in [1.807, 2.05) is 53.3 Å². The first-order valence-corrected chi connectivity index (χ1v) is 11.5. The number of likely N-dealkylation sites (tertiary alicyclic amines) is 1. The lowest BCUT2D eigenvalue weighted by Gasteiger charge is -2.42. The van der Waals surface area contributed by atoms with Crippen LogP contribution in [0.5, 0.6) is 0 Å². The van der Waals surface area contributed by atoms with Crippen LogP contribution in [0.25, 0.3) is 11.1 Å². The molecule has 2 aliphatic heterocycles. The number of amides is 2. The van der Waals surface area contributed by atoms with E-state index in [1.54, 1.807) is 12.3 Å². The standard InChI is InChI=1S/C26H32N4O2/c1-3-12-29-15-16-30(25(31)20(2)28-13-4-5-14-28)24(26(29)32)18-21-8-6-9-22(17-21)23-10-7-11-27-19-23/h3,6-11,17,19-20,24H,1,4-5,12-16,18H2,2H3/t20-,24-/m0/s1. The number of hydrogen-bond acceptors (Lipinski definition) is 4. The van der Waals surface area contributed by atoms with Crippen LogP contribution in [0.2, 0.25) is 0 Å². The molecule has 1 aromatic carbocycles. The SMILES string of the molecule is C=CCN1CCN(C(=O)[C@H](C)N2CCCC2)[C@@H](Cc2cccc(-c3cccnc3)c2)C1=O. The van der Waals surface area contributed by atoms with Crippen LogP contribution in [0.4, 0.5) is 0 Å². The van der Waals surface area contributed by atoms with Crippen LogP contribution in [-0.2, 0) is 16.0 Å². The Morgan fingerprint density at radius 2 is 1.94 bits per heavy atom. The number of rotatable bonds is 7. The molecule has 0 aliphatic carbocycles. The second-order valence-electron chi connectivity index (χ2n) is 8.69. The van der Waals surface area contributed by atoms with Crippen LogP contribution in [0, 0.1) is 0 Å². The molecule has 6 nitrogen and oxygen atoms in total. The number of hydrogen-bond donors (Lipinski definition) is 0. The summed E-state index contributed by atoms with van der Waals surface area (Å²) in [6, 6.07) is 11.4. The van der Waals surface area contributed by atoms with Crippen molar-refractivity contribution in [3.05, 3.63) is 67.0 Å². The third-order valence-corrected chi connectivity index (χ3v) is 6.61. The van der Waals surface area contributed by atoms with Crippen molar-refractivity contribution in [3.8, 4) is 11.1 Å². The van der Waals surface area contributed by atoms with Crippen LogP contribution in [0.3, 0.4) is 0 Å². The molecule has 0 radical (unpaired) electrons. The molecule has 2 saturated heterocycles. The Labute approximate surface area is 190 Å². The molecule has 0 N–H and O–H groups in total. The molecule has 32 heavy (non-hydrogen) atoms. The molecule has 4 rings (SSSR count). The van der Waals surface area contributed by atoms with Gasteiger partial charge in [0.05, 0.1) is 6.04 Å². The molecule has 0 unspecified atom stereocenters. The van der Waals surface area contributed by atoms with E-state index < -0.39 is 6.04 Å². The largest absolute Gasteiger partial charge is 0.335 e. The Hall–Kier alpha value is -2.99. The molecule has 168 valence electrons. The summed E-state index contributed by atoms with van der Waals surface area (Å²) in [5, 5.41) is 0. The Morgan fingerprint density at radius 1 is 1.16 bits per heavy atom. The lowest BCUT2D eigenvalue weighted by atomic mass is 9.97. The predicted octanol–water partition coefficient (Wildman–Crippen LogP) is 3.00. The minimum Gasteiger partial charge on any atom is -0.335 e. The predicted molar refractivity (Wildman–Crippen MR) is 126 cm³/mol. The van der Waals surface area contributed by atoms with E-state index in [9.17, 15) is 9.59 Å². The van der Waals surface area contributed by atoms with Crippen molar-refractivity contribution in [2.75, 3.05) is 32.7 Å². The molecule has 0 saturated carbocycles. The summed E-state index contributed by atoms with van der Waals surface area (Å²) in [6.07, 6.45) is 8.11. The summed E-state index contributed by atoms with van der Waals surface area (Å²) >= 11 is 0. The van der Waals surface area contributed by atoms with Crippen molar-refractivity contribution in [3.63, 3.8) is 0 Å². The number of carbonyl (C=O) groups excluding carboxylic acids is 2. The Kier molecular flexibility index (Phi) is 7.00. The highest BCUT2D eigenvalue weighted by Gasteiger charge is 2.39. The van der Waals surface area contributed by atoms with Gasteiger partial charge in [0.15, 0.2) is 0 Å². The zero-order valence-corrected chi connectivity index (χ0v) is 18.8. The van der Waals surface area contributed by atoms with E-state index in [-0.39, 0.29) is 17.9 Å². The van der Waals surface area contributed by atoms with E-state index in [0.29, 0.717) is 26.1 Å². The monoisotopic (exact) mass is 432 g/mol. The molecule has 0 bridgehead atoms. The van der Waals surface area contributed by atoms with E-state index in [0.717, 1.165) is 42.6 Å². The van der Waals surface area contributed by atoms with E-state index >= 15 is 0 Å². The van der Waals surface area contributed by atoms with Gasteiger partial charge in [-0.1, -0.05) is 36.4 Å². The van der Waals surface area contributed by atoms with Crippen LogP contribution >= 0.6 is 0 Å². The first-order valence-electron chi connectivity index (χ1n) is 11.5. The second-order valence-corrected chi connectivity index (χ2v) is 8.69. The lowest BCUT2D eigenvalue weighted by Crippen LogP contribution is -2.62. The maximum absolute atomic E-state index is 13.5. The molecule has 2 aliphatic rings. The smallest absolute Gasteiger partial charge is 0.246 e. The number of benzene rings is 1. The summed E-state index contributed by atoms with van der Waals surface area (Å²) in [7, 11) is 0. The summed E-state index contributed by atoms with van der Waals surface area (Å²) in [5.74, 6) is 0.0665. The topological polar surface area (TPSA) is 56.8 Å². The van der Waals surface area contributed by atoms with Crippen LogP contribution in [0.15, 0.2) is 61.4 Å². The minimum absolute atomic E-state index is 0.00454. The van der Waals surface area contributed by atoms with Crippen LogP contribution < -0.4 is 0 Å². The summed E-state index contributed by atoms with van der Waals surface area (Å²) in [6.45, 7) is 9.30. The molecule has 2 atom stereocenters. The van der Waals surface area contributed by atoms with Gasteiger partial charge in [-0.15, -0.1) is 6.58 Å². The molecule has 2 amide bonds. The molecule has 3 heterocycles. The average molecular weight is 433 g/mol. The van der Waals surface area contributed by atoms with Gasteiger partial charge in [0.25, 0.3) is 0 Å². The third kappa shape index (κ3) is 4.75. The Bertz CT molecular complexity index is 955. The molecular weight excluding hydrogens is 400 g/mol. The zero-order valence-electron chi connectivity index (χ0n) is 18.8. The van der Waals surface area contributed by atoms with Crippen LogP contribution in [-0.4, -0.2) is 76.3 Å². The first kappa shape index (κ1) is 22.2. The highest BCUT2D eigenvalue weighted by Crippen LogP contribution is 2.24. The summed E-state index contributed by atoms with van der Waals surface area (Å²) in [5.41, 5.74) is 3.13. The Morgan fingerprint density at radius 3 is 2.66 bits per heavy atom. The average Bonchev–Trinajstić information content (AvgIpc) is 3.37. The van der Waals surface area contributed by atoms with E-state index in [4.69, 9.17) is 0 Å². The minimum atomic E-state index is -0.495. The lowest BCUT2D eigenvalue weighted by molar-refractivity contribution is -0.153. The molecule has 0 spiro atoms. The number of nitrogens with zero attached hydrogens (tertiary/aromatic N) is 4. The van der Waals surface area contributed by atoms with Gasteiger partial charge < -0.3 is 9.80 Å². The molecule has 2 aromatic rings. The van der Waals surface area contributed by atoms with Gasteiger partial charge in [-0.2, -0.15) is 0 Å². The van der Waals surface area contributed by atoms with Gasteiger partial charge in [0.1, 0.15) is 6.04 Å². The fraction of sp³-hybridized carbons (Fsp3) is 0.423. The first-order chi connectivity index (χ1) is 15.6. The van der Waals surface area contributed by atoms with Crippen molar-refractivity contribution >= 4 is 11.8 Å². The molecule has 2 fully saturated rings. The fourth-order valence-corrected chi connectivity index (χ4v) is 4.80. The van der Waals surface area contributed by atoms with Gasteiger partial charge in [-0.3, -0.25) is 19.5 Å². The maximum Gasteiger partial charge on any atom is 0.246 e. The maximum atomic E-state index is 13.5. The van der Waals surface area contributed by atoms with Gasteiger partial charge >= 0.3 is 0 Å². The normalized spacial score (nSPS) is 20.4. The van der Waals surface area contributed by atoms with E-state index in [2.05, 4.69) is 22.5 Å². The van der Waals surface area contributed by atoms with Gasteiger partial charge in [0.2, 0.25) is 11.8 Å². The number of carbonyl (C=O) groups is 2. The van der Waals surface area contributed by atoms with Crippen molar-refractivity contribution in [2.45, 2.75) is 38.3 Å². The van der Waals surface area contributed by atoms with Crippen LogP contribution in [0.1, 0.15) is 25.3 Å². The number of pyridine rings is 1. The number of aromatic nitrogens is 1. The zero-order chi connectivity index (χ0) is 22.5. The van der Waals surface area contributed by atoms with Crippen molar-refractivity contribution in [1.82, 2.24) is 19.7 Å². The quantitative estimate of drug-likeness (QED) is 0.631. The van der Waals surface area contributed by atoms with Crippen molar-refractivity contribution in [2.24, 2.45) is 0 Å². The molecule has 6 heteroatoms. The molecule has 1 aromatic heterocycles. The summed E-state index contributed by atoms with van der Waals surface area (Å²) in [4.78, 5) is 36.9. The van der Waals surface area contributed by atoms with Crippen molar-refractivity contribution < 1.29 is 9.59 Å². The van der Waals surface area contributed by atoms with Crippen molar-refractivity contribution in [1.29, 1.82) is 0 Å². The number of piperazine rings is 1. The van der Waals surface area contributed by atoms with Gasteiger partial charge in [-0.25, -0.2) is 0 Å².